The molecule has 47 heavy (non-hydrogen) atoms. The van der Waals surface area contributed by atoms with Crippen molar-refractivity contribution in [2.24, 2.45) is 0 Å². The van der Waals surface area contributed by atoms with Crippen LogP contribution in [-0.4, -0.2) is 47.7 Å². The minimum atomic E-state index is -4.37. The van der Waals surface area contributed by atoms with Gasteiger partial charge in [0, 0.05) is 23.7 Å². The maximum atomic E-state index is 14.2. The molecule has 4 N–H and O–H groups in total. The van der Waals surface area contributed by atoms with Gasteiger partial charge < -0.3 is 15.4 Å². The molecule has 0 saturated heterocycles. The van der Waals surface area contributed by atoms with Crippen LogP contribution in [0.15, 0.2) is 96.2 Å². The average molecular weight is 655 g/mol. The van der Waals surface area contributed by atoms with Gasteiger partial charge in [-0.15, -0.1) is 0 Å². The molecule has 5 aromatic rings. The number of rotatable bonds is 14. The predicted octanol–water partition coefficient (Wildman–Crippen LogP) is 5.31. The van der Waals surface area contributed by atoms with Gasteiger partial charge in [-0.3, -0.25) is 9.89 Å². The van der Waals surface area contributed by atoms with Crippen molar-refractivity contribution in [3.63, 3.8) is 0 Å². The van der Waals surface area contributed by atoms with Crippen molar-refractivity contribution in [3.05, 3.63) is 119 Å². The molecule has 0 spiro atoms. The Bertz CT molecular complexity index is 1940. The van der Waals surface area contributed by atoms with Gasteiger partial charge in [0.15, 0.2) is 0 Å². The van der Waals surface area contributed by atoms with Gasteiger partial charge in [-0.2, -0.15) is 9.82 Å². The molecule has 0 unspecified atom stereocenters. The molecule has 1 atom stereocenters. The van der Waals surface area contributed by atoms with E-state index in [9.17, 15) is 18.0 Å². The summed E-state index contributed by atoms with van der Waals surface area (Å²) in [5.74, 6) is -0.902. The summed E-state index contributed by atoms with van der Waals surface area (Å²) in [4.78, 5) is 32.4. The van der Waals surface area contributed by atoms with Crippen molar-refractivity contribution >= 4 is 38.6 Å². The van der Waals surface area contributed by atoms with Crippen LogP contribution < -0.4 is 15.4 Å². The van der Waals surface area contributed by atoms with Crippen molar-refractivity contribution in [2.75, 3.05) is 11.9 Å². The Morgan fingerprint density at radius 1 is 0.915 bits per heavy atom. The first kappa shape index (κ1) is 33.3. The van der Waals surface area contributed by atoms with E-state index in [4.69, 9.17) is 4.74 Å². The number of benzene rings is 3. The molecule has 0 radical (unpaired) electrons. The van der Waals surface area contributed by atoms with Crippen LogP contribution in [0.4, 0.5) is 5.82 Å². The fourth-order valence-electron chi connectivity index (χ4n) is 5.59. The first-order chi connectivity index (χ1) is 22.6. The summed E-state index contributed by atoms with van der Waals surface area (Å²) < 4.78 is 36.8. The summed E-state index contributed by atoms with van der Waals surface area (Å²) in [7, 11) is -4.37. The molecule has 0 aliphatic carbocycles. The van der Waals surface area contributed by atoms with Gasteiger partial charge in [0.25, 0.3) is 5.91 Å². The van der Waals surface area contributed by atoms with Crippen LogP contribution in [0.5, 0.6) is 0 Å². The number of carbonyl (C=O) groups is 2. The highest BCUT2D eigenvalue weighted by molar-refractivity contribution is 7.89. The van der Waals surface area contributed by atoms with E-state index in [0.717, 1.165) is 10.9 Å². The van der Waals surface area contributed by atoms with E-state index in [0.29, 0.717) is 47.4 Å². The van der Waals surface area contributed by atoms with Crippen molar-refractivity contribution in [3.8, 4) is 0 Å². The van der Waals surface area contributed by atoms with E-state index >= 15 is 0 Å². The highest BCUT2D eigenvalue weighted by atomic mass is 32.2. The molecule has 0 aliphatic heterocycles. The van der Waals surface area contributed by atoms with Crippen molar-refractivity contribution < 1.29 is 22.7 Å². The van der Waals surface area contributed by atoms with Gasteiger partial charge in [0.2, 0.25) is 15.7 Å². The maximum Gasteiger partial charge on any atom is 0.348 e. The summed E-state index contributed by atoms with van der Waals surface area (Å²) >= 11 is 0. The van der Waals surface area contributed by atoms with E-state index in [1.54, 1.807) is 68.7 Å². The topological polar surface area (TPSA) is 155 Å². The Labute approximate surface area is 274 Å². The first-order valence-corrected chi connectivity index (χ1v) is 16.8. The number of amides is 1. The van der Waals surface area contributed by atoms with E-state index in [1.807, 2.05) is 43.3 Å². The average Bonchev–Trinajstić information content (AvgIpc) is 3.52. The zero-order chi connectivity index (χ0) is 33.4. The fraction of sp³-hybridized carbons (Fsp3) is 0.257. The van der Waals surface area contributed by atoms with Crippen molar-refractivity contribution in [1.82, 2.24) is 25.2 Å². The molecular weight excluding hydrogens is 616 g/mol. The molecule has 2 heterocycles. The number of unbranched alkanes of at least 4 members (excludes halogenated alkanes) is 1. The second kappa shape index (κ2) is 14.6. The van der Waals surface area contributed by atoms with Crippen LogP contribution in [0.3, 0.4) is 0 Å². The highest BCUT2D eigenvalue weighted by Crippen LogP contribution is 2.26. The molecule has 244 valence electrons. The number of aromatic amines is 1. The molecule has 3 aromatic carbocycles. The first-order valence-electron chi connectivity index (χ1n) is 15.3. The van der Waals surface area contributed by atoms with E-state index in [1.165, 1.54) is 0 Å². The van der Waals surface area contributed by atoms with E-state index < -0.39 is 27.6 Å². The third kappa shape index (κ3) is 8.21. The highest BCUT2D eigenvalue weighted by Gasteiger charge is 2.46. The largest absolute Gasteiger partial charge is 0.458 e. The van der Waals surface area contributed by atoms with Crippen LogP contribution in [0.25, 0.3) is 10.9 Å². The Hall–Kier alpha value is -5.07. The summed E-state index contributed by atoms with van der Waals surface area (Å²) in [5, 5.41) is 13.6. The van der Waals surface area contributed by atoms with Crippen LogP contribution in [-0.2, 0) is 26.2 Å². The Morgan fingerprint density at radius 3 is 2.38 bits per heavy atom. The second-order valence-corrected chi connectivity index (χ2v) is 13.1. The Balaban J connectivity index is 1.50. The van der Waals surface area contributed by atoms with Gasteiger partial charge >= 0.3 is 5.97 Å². The van der Waals surface area contributed by atoms with Crippen molar-refractivity contribution in [1.29, 1.82) is 0 Å². The number of aryl methyl sites for hydroxylation is 3. The summed E-state index contributed by atoms with van der Waals surface area (Å²) in [6.45, 7) is 5.66. The Morgan fingerprint density at radius 2 is 1.66 bits per heavy atom. The lowest BCUT2D eigenvalue weighted by molar-refractivity contribution is -0.153. The zero-order valence-corrected chi connectivity index (χ0v) is 27.4. The summed E-state index contributed by atoms with van der Waals surface area (Å²) in [6.07, 6.45) is 4.09. The molecule has 1 amide bonds. The minimum absolute atomic E-state index is 0.0354. The minimum Gasteiger partial charge on any atom is -0.458 e. The predicted molar refractivity (Wildman–Crippen MR) is 180 cm³/mol. The molecule has 0 aliphatic rings. The quantitative estimate of drug-likeness (QED) is 0.0713. The van der Waals surface area contributed by atoms with E-state index in [2.05, 4.69) is 30.5 Å². The monoisotopic (exact) mass is 654 g/mol. The second-order valence-electron chi connectivity index (χ2n) is 11.5. The van der Waals surface area contributed by atoms with Crippen molar-refractivity contribution in [2.45, 2.75) is 57.2 Å². The lowest BCUT2D eigenvalue weighted by atomic mass is 10.0. The zero-order valence-electron chi connectivity index (χ0n) is 26.5. The van der Waals surface area contributed by atoms with Gasteiger partial charge in [-0.25, -0.2) is 18.2 Å². The number of nitrogens with zero attached hydrogens (tertiary/aromatic N) is 2. The number of hydrogen-bond donors (Lipinski definition) is 4. The third-order valence-electron chi connectivity index (χ3n) is 7.72. The van der Waals surface area contributed by atoms with Gasteiger partial charge in [0.1, 0.15) is 12.4 Å². The number of pyridine rings is 1. The van der Waals surface area contributed by atoms with Crippen LogP contribution in [0.2, 0.25) is 0 Å². The number of hydrogen-bond acceptors (Lipinski definition) is 8. The number of aromatic nitrogens is 3. The molecule has 12 heteroatoms. The number of H-pyrrole nitrogens is 1. The summed E-state index contributed by atoms with van der Waals surface area (Å²) in [6, 6.07) is 23.0. The lowest BCUT2D eigenvalue weighted by Crippen LogP contribution is -2.66. The number of esters is 1. The normalized spacial score (nSPS) is 12.7. The third-order valence-corrected chi connectivity index (χ3v) is 9.52. The fourth-order valence-corrected chi connectivity index (χ4v) is 7.36. The molecule has 0 fully saturated rings. The lowest BCUT2D eigenvalue weighted by Gasteiger charge is -2.33. The SMILES string of the molecule is Cc1cc(C)c(S(=O)(=O)N[C@](CCCCNc2ccccn2)(NC(=O)c2ccc3cn[nH]c3c2)C(=O)OCc2ccccc2)c(C)c1. The molecule has 0 bridgehead atoms. The van der Waals surface area contributed by atoms with Crippen LogP contribution >= 0.6 is 0 Å². The van der Waals surface area contributed by atoms with Crippen LogP contribution in [0, 0.1) is 20.8 Å². The standard InChI is InChI=1S/C35H38N6O5S/c1-24-19-25(2)32(26(3)20-24)47(44,45)41-35(34(43)46-23-27-11-5-4-6-12-27,16-8-10-18-37-31-13-7-9-17-36-31)39-33(42)28-14-15-29-22-38-40-30(29)21-28/h4-7,9,11-15,17,19-22,41H,8,10,16,18,23H2,1-3H3,(H,36,37)(H,38,40)(H,39,42)/t35-/m0/s1. The van der Waals surface area contributed by atoms with Gasteiger partial charge in [0.05, 0.1) is 16.6 Å². The smallest absolute Gasteiger partial charge is 0.348 e. The maximum absolute atomic E-state index is 14.2. The molecule has 2 aromatic heterocycles. The number of anilines is 1. The van der Waals surface area contributed by atoms with Gasteiger partial charge in [-0.1, -0.05) is 60.2 Å². The van der Waals surface area contributed by atoms with Gasteiger partial charge in [-0.05, 0) is 81.0 Å². The number of sulfonamides is 1. The van der Waals surface area contributed by atoms with E-state index in [-0.39, 0.29) is 23.5 Å². The Kier molecular flexibility index (Phi) is 10.3. The number of nitrogens with one attached hydrogen (secondary N) is 4. The van der Waals surface area contributed by atoms with Crippen LogP contribution in [0.1, 0.15) is 51.9 Å². The number of fused-ring (bicyclic) bond motifs is 1. The number of carbonyl (C=O) groups excluding carboxylic acids is 2. The summed E-state index contributed by atoms with van der Waals surface area (Å²) in [5.41, 5.74) is 1.30. The molecular formula is C35H38N6O5S. The molecule has 5 rings (SSSR count). The molecule has 11 nitrogen and oxygen atoms in total. The molecule has 0 saturated carbocycles. The number of ether oxygens (including phenoxy) is 1.